The van der Waals surface area contributed by atoms with Crippen LogP contribution in [0.5, 0.6) is 0 Å². The van der Waals surface area contributed by atoms with Crippen LogP contribution >= 0.6 is 0 Å². The Hall–Kier alpha value is -2.99. The molecule has 1 aromatic carbocycles. The first-order valence-corrected chi connectivity index (χ1v) is 7.87. The zero-order valence-electron chi connectivity index (χ0n) is 13.3. The Morgan fingerprint density at radius 1 is 1.17 bits per heavy atom. The molecule has 6 nitrogen and oxygen atoms in total. The summed E-state index contributed by atoms with van der Waals surface area (Å²) >= 11 is 0. The molecule has 3 aromatic heterocycles. The minimum Gasteiger partial charge on any atom is -0.388 e. The van der Waals surface area contributed by atoms with Crippen molar-refractivity contribution in [3.05, 3.63) is 60.3 Å². The van der Waals surface area contributed by atoms with Gasteiger partial charge in [-0.05, 0) is 36.2 Å². The standard InChI is InChI=1S/C18H17N5O/c1-2-12-3-5-15(20-10-12)18-19-7-8-23(18)13-4-6-14-16(9-13)22-17(11-24)21-14/h3-10,24H,2,11H2,1H3,(H,21,22). The third-order valence-corrected chi connectivity index (χ3v) is 4.05. The van der Waals surface area contributed by atoms with Crippen molar-refractivity contribution in [2.24, 2.45) is 0 Å². The van der Waals surface area contributed by atoms with E-state index in [-0.39, 0.29) is 6.61 Å². The Balaban J connectivity index is 1.78. The molecule has 6 heteroatoms. The normalized spacial score (nSPS) is 11.2. The summed E-state index contributed by atoms with van der Waals surface area (Å²) in [7, 11) is 0. The average molecular weight is 319 g/mol. The molecule has 0 aliphatic heterocycles. The number of fused-ring (bicyclic) bond motifs is 1. The van der Waals surface area contributed by atoms with Crippen molar-refractivity contribution in [1.82, 2.24) is 24.5 Å². The number of aromatic amines is 1. The number of aromatic nitrogens is 5. The number of aliphatic hydroxyl groups is 1. The number of pyridine rings is 1. The summed E-state index contributed by atoms with van der Waals surface area (Å²) in [4.78, 5) is 16.4. The fourth-order valence-corrected chi connectivity index (χ4v) is 2.74. The number of nitrogens with one attached hydrogen (secondary N) is 1. The molecule has 3 heterocycles. The van der Waals surface area contributed by atoms with E-state index in [4.69, 9.17) is 0 Å². The van der Waals surface area contributed by atoms with E-state index < -0.39 is 0 Å². The largest absolute Gasteiger partial charge is 0.388 e. The van der Waals surface area contributed by atoms with Crippen LogP contribution in [0.4, 0.5) is 0 Å². The van der Waals surface area contributed by atoms with E-state index in [9.17, 15) is 5.11 Å². The minimum absolute atomic E-state index is 0.103. The number of aliphatic hydroxyl groups excluding tert-OH is 1. The van der Waals surface area contributed by atoms with E-state index in [2.05, 4.69) is 32.9 Å². The van der Waals surface area contributed by atoms with Crippen molar-refractivity contribution in [3.8, 4) is 17.2 Å². The van der Waals surface area contributed by atoms with E-state index in [1.165, 1.54) is 5.56 Å². The lowest BCUT2D eigenvalue weighted by atomic mass is 10.2. The van der Waals surface area contributed by atoms with Gasteiger partial charge in [-0.3, -0.25) is 9.55 Å². The summed E-state index contributed by atoms with van der Waals surface area (Å²) in [5.41, 5.74) is 4.70. The second-order valence-electron chi connectivity index (χ2n) is 5.57. The number of rotatable bonds is 4. The molecule has 0 unspecified atom stereocenters. The monoisotopic (exact) mass is 319 g/mol. The highest BCUT2D eigenvalue weighted by atomic mass is 16.3. The molecule has 24 heavy (non-hydrogen) atoms. The van der Waals surface area contributed by atoms with Crippen molar-refractivity contribution in [3.63, 3.8) is 0 Å². The maximum Gasteiger partial charge on any atom is 0.163 e. The Labute approximate surface area is 138 Å². The van der Waals surface area contributed by atoms with Crippen molar-refractivity contribution in [2.45, 2.75) is 20.0 Å². The molecule has 0 amide bonds. The summed E-state index contributed by atoms with van der Waals surface area (Å²) in [6.45, 7) is 2.01. The Morgan fingerprint density at radius 3 is 2.83 bits per heavy atom. The molecule has 0 aliphatic carbocycles. The van der Waals surface area contributed by atoms with Crippen LogP contribution in [0.2, 0.25) is 0 Å². The van der Waals surface area contributed by atoms with Crippen molar-refractivity contribution in [1.29, 1.82) is 0 Å². The molecule has 0 saturated heterocycles. The van der Waals surface area contributed by atoms with Crippen LogP contribution in [0.3, 0.4) is 0 Å². The smallest absolute Gasteiger partial charge is 0.163 e. The van der Waals surface area contributed by atoms with Crippen molar-refractivity contribution < 1.29 is 5.11 Å². The summed E-state index contributed by atoms with van der Waals surface area (Å²) in [6, 6.07) is 9.98. The summed E-state index contributed by atoms with van der Waals surface area (Å²) in [5.74, 6) is 1.35. The van der Waals surface area contributed by atoms with Gasteiger partial charge in [-0.1, -0.05) is 13.0 Å². The third kappa shape index (κ3) is 2.47. The molecule has 0 saturated carbocycles. The lowest BCUT2D eigenvalue weighted by Crippen LogP contribution is -1.98. The van der Waals surface area contributed by atoms with Gasteiger partial charge in [0.2, 0.25) is 0 Å². The van der Waals surface area contributed by atoms with Gasteiger partial charge in [0.1, 0.15) is 18.1 Å². The first-order valence-electron chi connectivity index (χ1n) is 7.87. The first kappa shape index (κ1) is 14.6. The van der Waals surface area contributed by atoms with Gasteiger partial charge >= 0.3 is 0 Å². The van der Waals surface area contributed by atoms with Crippen LogP contribution in [0.15, 0.2) is 48.9 Å². The van der Waals surface area contributed by atoms with Gasteiger partial charge in [0, 0.05) is 24.3 Å². The molecule has 0 atom stereocenters. The number of hydrogen-bond acceptors (Lipinski definition) is 4. The van der Waals surface area contributed by atoms with Crippen molar-refractivity contribution >= 4 is 11.0 Å². The summed E-state index contributed by atoms with van der Waals surface area (Å²) in [5, 5.41) is 9.21. The average Bonchev–Trinajstić information content (AvgIpc) is 3.27. The molecule has 4 aromatic rings. The van der Waals surface area contributed by atoms with Gasteiger partial charge in [-0.15, -0.1) is 0 Å². The Kier molecular flexibility index (Phi) is 3.59. The topological polar surface area (TPSA) is 79.6 Å². The van der Waals surface area contributed by atoms with E-state index in [1.54, 1.807) is 6.20 Å². The zero-order valence-corrected chi connectivity index (χ0v) is 13.3. The van der Waals surface area contributed by atoms with E-state index >= 15 is 0 Å². The number of H-pyrrole nitrogens is 1. The number of aryl methyl sites for hydroxylation is 1. The molecule has 2 N–H and O–H groups in total. The van der Waals surface area contributed by atoms with Gasteiger partial charge in [0.25, 0.3) is 0 Å². The predicted octanol–water partition coefficient (Wildman–Crippen LogP) is 2.87. The molecule has 4 rings (SSSR count). The highest BCUT2D eigenvalue weighted by Gasteiger charge is 2.10. The predicted molar refractivity (Wildman–Crippen MR) is 91.7 cm³/mol. The molecule has 0 fully saturated rings. The fourth-order valence-electron chi connectivity index (χ4n) is 2.74. The lowest BCUT2D eigenvalue weighted by molar-refractivity contribution is 0.273. The Morgan fingerprint density at radius 2 is 2.08 bits per heavy atom. The second-order valence-corrected chi connectivity index (χ2v) is 5.57. The summed E-state index contributed by atoms with van der Waals surface area (Å²) in [6.07, 6.45) is 6.53. The molecule has 0 radical (unpaired) electrons. The van der Waals surface area contributed by atoms with Gasteiger partial charge in [-0.2, -0.15) is 0 Å². The van der Waals surface area contributed by atoms with Gasteiger partial charge < -0.3 is 10.1 Å². The highest BCUT2D eigenvalue weighted by Crippen LogP contribution is 2.22. The van der Waals surface area contributed by atoms with Gasteiger partial charge in [-0.25, -0.2) is 9.97 Å². The van der Waals surface area contributed by atoms with Crippen LogP contribution in [-0.4, -0.2) is 29.6 Å². The molecular weight excluding hydrogens is 302 g/mol. The number of hydrogen-bond donors (Lipinski definition) is 2. The highest BCUT2D eigenvalue weighted by molar-refractivity contribution is 5.78. The molecule has 0 bridgehead atoms. The SMILES string of the molecule is CCc1ccc(-c2nccn2-c2ccc3nc(CO)[nH]c3c2)nc1. The van der Waals surface area contributed by atoms with E-state index in [0.717, 1.165) is 34.7 Å². The summed E-state index contributed by atoms with van der Waals surface area (Å²) < 4.78 is 1.99. The third-order valence-electron chi connectivity index (χ3n) is 4.05. The van der Waals surface area contributed by atoms with E-state index in [0.29, 0.717) is 5.82 Å². The van der Waals surface area contributed by atoms with E-state index in [1.807, 2.05) is 41.2 Å². The van der Waals surface area contributed by atoms with Gasteiger partial charge in [0.05, 0.1) is 11.0 Å². The maximum atomic E-state index is 9.21. The molecule has 0 aliphatic rings. The number of imidazole rings is 2. The van der Waals surface area contributed by atoms with Crippen LogP contribution in [-0.2, 0) is 13.0 Å². The lowest BCUT2D eigenvalue weighted by Gasteiger charge is -2.08. The van der Waals surface area contributed by atoms with Crippen LogP contribution in [0, 0.1) is 0 Å². The molecule has 120 valence electrons. The van der Waals surface area contributed by atoms with Crippen LogP contribution in [0.25, 0.3) is 28.2 Å². The number of nitrogens with zero attached hydrogens (tertiary/aromatic N) is 4. The quantitative estimate of drug-likeness (QED) is 0.606. The zero-order chi connectivity index (χ0) is 16.5. The van der Waals surface area contributed by atoms with Crippen LogP contribution in [0.1, 0.15) is 18.3 Å². The first-order chi connectivity index (χ1) is 11.8. The number of benzene rings is 1. The van der Waals surface area contributed by atoms with Crippen molar-refractivity contribution in [2.75, 3.05) is 0 Å². The fraction of sp³-hybridized carbons (Fsp3) is 0.167. The molecular formula is C18H17N5O. The van der Waals surface area contributed by atoms with Crippen LogP contribution < -0.4 is 0 Å². The molecule has 0 spiro atoms. The Bertz CT molecular complexity index is 984. The minimum atomic E-state index is -0.103. The maximum absolute atomic E-state index is 9.21. The van der Waals surface area contributed by atoms with Gasteiger partial charge in [0.15, 0.2) is 5.82 Å². The second kappa shape index (κ2) is 5.90.